The van der Waals surface area contributed by atoms with Crippen molar-refractivity contribution >= 4 is 0 Å². The maximum atomic E-state index is 10.6. The van der Waals surface area contributed by atoms with Gasteiger partial charge < -0.3 is 5.11 Å². The zero-order chi connectivity index (χ0) is 10.0. The van der Waals surface area contributed by atoms with Gasteiger partial charge in [-0.3, -0.25) is 0 Å². The van der Waals surface area contributed by atoms with E-state index in [-0.39, 0.29) is 5.60 Å². The molecule has 0 bridgehead atoms. The van der Waals surface area contributed by atoms with Crippen LogP contribution in [0, 0.1) is 11.8 Å². The topological polar surface area (TPSA) is 20.2 Å². The monoisotopic (exact) mass is 196 g/mol. The molecule has 2 rings (SSSR count). The molecule has 2 aliphatic rings. The average Bonchev–Trinajstić information content (AvgIpc) is 2.72. The van der Waals surface area contributed by atoms with E-state index in [0.717, 1.165) is 0 Å². The highest BCUT2D eigenvalue weighted by atomic mass is 16.3. The van der Waals surface area contributed by atoms with E-state index in [1.807, 2.05) is 0 Å². The molecule has 1 unspecified atom stereocenters. The van der Waals surface area contributed by atoms with E-state index >= 15 is 0 Å². The van der Waals surface area contributed by atoms with Crippen molar-refractivity contribution in [3.05, 3.63) is 0 Å². The van der Waals surface area contributed by atoms with Crippen LogP contribution in [0.2, 0.25) is 0 Å². The Hall–Kier alpha value is -0.0400. The Labute approximate surface area is 87.9 Å². The summed E-state index contributed by atoms with van der Waals surface area (Å²) in [5.74, 6) is 1.20. The molecule has 0 radical (unpaired) electrons. The molecule has 1 heteroatoms. The lowest BCUT2D eigenvalue weighted by Gasteiger charge is -2.40. The maximum Gasteiger partial charge on any atom is 0.0675 e. The summed E-state index contributed by atoms with van der Waals surface area (Å²) in [4.78, 5) is 0. The number of aliphatic hydroxyl groups is 1. The van der Waals surface area contributed by atoms with Crippen LogP contribution in [0.25, 0.3) is 0 Å². The lowest BCUT2D eigenvalue weighted by Crippen LogP contribution is -2.42. The van der Waals surface area contributed by atoms with Gasteiger partial charge in [-0.05, 0) is 44.4 Å². The molecule has 0 spiro atoms. The first-order chi connectivity index (χ1) is 6.71. The molecule has 2 fully saturated rings. The summed E-state index contributed by atoms with van der Waals surface area (Å²) in [5, 5.41) is 10.6. The highest BCUT2D eigenvalue weighted by molar-refractivity contribution is 4.92. The van der Waals surface area contributed by atoms with Crippen LogP contribution in [0.1, 0.15) is 64.7 Å². The smallest absolute Gasteiger partial charge is 0.0675 e. The molecule has 1 N–H and O–H groups in total. The normalized spacial score (nSPS) is 30.4. The van der Waals surface area contributed by atoms with Gasteiger partial charge in [-0.2, -0.15) is 0 Å². The fraction of sp³-hybridized carbons (Fsp3) is 1.00. The van der Waals surface area contributed by atoms with Crippen molar-refractivity contribution in [2.24, 2.45) is 11.8 Å². The van der Waals surface area contributed by atoms with Crippen LogP contribution < -0.4 is 0 Å². The van der Waals surface area contributed by atoms with Gasteiger partial charge in [0.05, 0.1) is 5.60 Å². The summed E-state index contributed by atoms with van der Waals surface area (Å²) in [5.41, 5.74) is -0.350. The predicted octanol–water partition coefficient (Wildman–Crippen LogP) is 3.51. The molecule has 2 saturated carbocycles. The quantitative estimate of drug-likeness (QED) is 0.716. The molecular weight excluding hydrogens is 172 g/mol. The Morgan fingerprint density at radius 3 is 1.57 bits per heavy atom. The molecule has 0 saturated heterocycles. The minimum Gasteiger partial charge on any atom is -0.390 e. The van der Waals surface area contributed by atoms with Gasteiger partial charge in [-0.15, -0.1) is 0 Å². The molecule has 0 aliphatic heterocycles. The maximum absolute atomic E-state index is 10.6. The van der Waals surface area contributed by atoms with Gasteiger partial charge in [0.2, 0.25) is 0 Å². The van der Waals surface area contributed by atoms with E-state index in [9.17, 15) is 5.11 Å². The summed E-state index contributed by atoms with van der Waals surface area (Å²) in [6.07, 6.45) is 11.8. The Bertz CT molecular complexity index is 174. The Kier molecular flexibility index (Phi) is 3.16. The number of hydrogen-bond acceptors (Lipinski definition) is 1. The number of hydrogen-bond donors (Lipinski definition) is 1. The highest BCUT2D eigenvalue weighted by Gasteiger charge is 2.40. The van der Waals surface area contributed by atoms with Gasteiger partial charge >= 0.3 is 0 Å². The van der Waals surface area contributed by atoms with Crippen molar-refractivity contribution in [1.29, 1.82) is 0 Å². The molecule has 0 heterocycles. The van der Waals surface area contributed by atoms with Crippen LogP contribution in [0.3, 0.4) is 0 Å². The summed E-state index contributed by atoms with van der Waals surface area (Å²) < 4.78 is 0. The molecule has 1 nitrogen and oxygen atoms in total. The zero-order valence-electron chi connectivity index (χ0n) is 9.47. The Morgan fingerprint density at radius 2 is 1.14 bits per heavy atom. The Morgan fingerprint density at radius 1 is 0.786 bits per heavy atom. The average molecular weight is 196 g/mol. The first-order valence-electron chi connectivity index (χ1n) is 6.43. The first-order valence-corrected chi connectivity index (χ1v) is 6.43. The highest BCUT2D eigenvalue weighted by Crippen LogP contribution is 2.43. The van der Waals surface area contributed by atoms with Crippen molar-refractivity contribution in [1.82, 2.24) is 0 Å². The molecular formula is C13H24O. The predicted molar refractivity (Wildman–Crippen MR) is 59.2 cm³/mol. The first kappa shape index (κ1) is 10.5. The summed E-state index contributed by atoms with van der Waals surface area (Å²) in [7, 11) is 0. The van der Waals surface area contributed by atoms with E-state index in [4.69, 9.17) is 0 Å². The van der Waals surface area contributed by atoms with E-state index in [1.165, 1.54) is 57.8 Å². The van der Waals surface area contributed by atoms with Gasteiger partial charge in [0.1, 0.15) is 0 Å². The second-order valence-electron chi connectivity index (χ2n) is 5.54. The molecule has 0 amide bonds. The van der Waals surface area contributed by atoms with Gasteiger partial charge in [-0.1, -0.05) is 32.1 Å². The van der Waals surface area contributed by atoms with Crippen LogP contribution in [0.4, 0.5) is 0 Å². The van der Waals surface area contributed by atoms with E-state index < -0.39 is 0 Å². The Balaban J connectivity index is 1.97. The molecule has 1 atom stereocenters. The summed E-state index contributed by atoms with van der Waals surface area (Å²) >= 11 is 0. The molecule has 0 aromatic carbocycles. The van der Waals surface area contributed by atoms with Crippen molar-refractivity contribution in [2.75, 3.05) is 0 Å². The third-order valence-electron chi connectivity index (χ3n) is 4.61. The van der Waals surface area contributed by atoms with Crippen LogP contribution in [0.5, 0.6) is 0 Å². The third-order valence-corrected chi connectivity index (χ3v) is 4.61. The van der Waals surface area contributed by atoms with Gasteiger partial charge in [-0.25, -0.2) is 0 Å². The molecule has 14 heavy (non-hydrogen) atoms. The fourth-order valence-corrected chi connectivity index (χ4v) is 3.53. The van der Waals surface area contributed by atoms with E-state index in [0.29, 0.717) is 11.8 Å². The van der Waals surface area contributed by atoms with E-state index in [1.54, 1.807) is 0 Å². The van der Waals surface area contributed by atoms with Gasteiger partial charge in [0, 0.05) is 0 Å². The SMILES string of the molecule is CC(O)(C1CCCCC1)C1CCCC1. The molecule has 2 aliphatic carbocycles. The number of rotatable bonds is 2. The van der Waals surface area contributed by atoms with Gasteiger partial charge in [0.25, 0.3) is 0 Å². The third kappa shape index (κ3) is 1.98. The summed E-state index contributed by atoms with van der Waals surface area (Å²) in [6, 6.07) is 0. The molecule has 0 aromatic heterocycles. The lowest BCUT2D eigenvalue weighted by molar-refractivity contribution is -0.0637. The minimum atomic E-state index is -0.350. The lowest BCUT2D eigenvalue weighted by atomic mass is 9.71. The van der Waals surface area contributed by atoms with Crippen LogP contribution in [-0.2, 0) is 0 Å². The summed E-state index contributed by atoms with van der Waals surface area (Å²) in [6.45, 7) is 2.11. The van der Waals surface area contributed by atoms with Gasteiger partial charge in [0.15, 0.2) is 0 Å². The van der Waals surface area contributed by atoms with E-state index in [2.05, 4.69) is 6.92 Å². The molecule has 0 aromatic rings. The van der Waals surface area contributed by atoms with Crippen molar-refractivity contribution < 1.29 is 5.11 Å². The molecule has 82 valence electrons. The second kappa shape index (κ2) is 4.22. The van der Waals surface area contributed by atoms with Crippen LogP contribution >= 0.6 is 0 Å². The minimum absolute atomic E-state index is 0.350. The largest absolute Gasteiger partial charge is 0.390 e. The second-order valence-corrected chi connectivity index (χ2v) is 5.54. The standard InChI is InChI=1S/C13H24O/c1-13(14,12-9-5-6-10-12)11-7-3-2-4-8-11/h11-12,14H,2-10H2,1H3. The zero-order valence-corrected chi connectivity index (χ0v) is 9.47. The van der Waals surface area contributed by atoms with Crippen LogP contribution in [-0.4, -0.2) is 10.7 Å². The van der Waals surface area contributed by atoms with Crippen LogP contribution in [0.15, 0.2) is 0 Å². The van der Waals surface area contributed by atoms with Crippen molar-refractivity contribution in [2.45, 2.75) is 70.3 Å². The fourth-order valence-electron chi connectivity index (χ4n) is 3.53. The van der Waals surface area contributed by atoms with Crippen molar-refractivity contribution in [3.63, 3.8) is 0 Å². The van der Waals surface area contributed by atoms with Crippen molar-refractivity contribution in [3.8, 4) is 0 Å².